The van der Waals surface area contributed by atoms with E-state index in [9.17, 15) is 29.1 Å². The number of benzene rings is 1. The Bertz CT molecular complexity index is 1160. The lowest BCUT2D eigenvalue weighted by molar-refractivity contribution is -0.147. The quantitative estimate of drug-likeness (QED) is 0.185. The van der Waals surface area contributed by atoms with Gasteiger partial charge in [0.2, 0.25) is 17.7 Å². The summed E-state index contributed by atoms with van der Waals surface area (Å²) in [5.74, 6) is -5.43. The number of aromatic amines is 1. The van der Waals surface area contributed by atoms with Crippen molar-refractivity contribution in [3.63, 3.8) is 0 Å². The highest BCUT2D eigenvalue weighted by Gasteiger charge is 2.33. The van der Waals surface area contributed by atoms with Crippen molar-refractivity contribution in [3.8, 4) is 0 Å². The fourth-order valence-corrected chi connectivity index (χ4v) is 3.89. The molecule has 0 spiro atoms. The molecule has 1 aromatic carbocycles. The summed E-state index contributed by atoms with van der Waals surface area (Å²) in [6.45, 7) is 7.17. The molecule has 2 rings (SSSR count). The normalized spacial score (nSPS) is 15.2. The topological polar surface area (TPSA) is 204 Å². The van der Waals surface area contributed by atoms with Crippen molar-refractivity contribution in [1.82, 2.24) is 20.9 Å². The lowest BCUT2D eigenvalue weighted by Crippen LogP contribution is -2.59. The van der Waals surface area contributed by atoms with Gasteiger partial charge >= 0.3 is 11.9 Å². The first-order valence-corrected chi connectivity index (χ1v) is 12.5. The zero-order valence-electron chi connectivity index (χ0n) is 22.0. The van der Waals surface area contributed by atoms with Crippen LogP contribution >= 0.6 is 0 Å². The van der Waals surface area contributed by atoms with Gasteiger partial charge in [0.15, 0.2) is 0 Å². The maximum absolute atomic E-state index is 13.4. The van der Waals surface area contributed by atoms with E-state index in [0.717, 1.165) is 10.9 Å². The highest BCUT2D eigenvalue weighted by molar-refractivity contribution is 5.95. The van der Waals surface area contributed by atoms with Gasteiger partial charge in [-0.1, -0.05) is 52.3 Å². The van der Waals surface area contributed by atoms with Gasteiger partial charge < -0.3 is 36.9 Å². The molecular formula is C26H37N5O7. The van der Waals surface area contributed by atoms with Gasteiger partial charge in [0, 0.05) is 23.5 Å². The van der Waals surface area contributed by atoms with E-state index < -0.39 is 60.2 Å². The number of aliphatic carboxylic acids is 2. The number of H-pyrrole nitrogens is 1. The first-order valence-electron chi connectivity index (χ1n) is 12.5. The second-order valence-corrected chi connectivity index (χ2v) is 9.76. The Hall–Kier alpha value is -3.93. The molecular weight excluding hydrogens is 494 g/mol. The molecule has 3 amide bonds. The van der Waals surface area contributed by atoms with Crippen LogP contribution < -0.4 is 21.7 Å². The summed E-state index contributed by atoms with van der Waals surface area (Å²) in [5, 5.41) is 26.8. The van der Waals surface area contributed by atoms with Crippen LogP contribution in [0.5, 0.6) is 0 Å². The molecule has 38 heavy (non-hydrogen) atoms. The predicted octanol–water partition coefficient (Wildman–Crippen LogP) is 0.754. The molecule has 0 radical (unpaired) electrons. The molecule has 208 valence electrons. The van der Waals surface area contributed by atoms with E-state index in [1.165, 1.54) is 0 Å². The van der Waals surface area contributed by atoms with Crippen LogP contribution in [0.3, 0.4) is 0 Å². The standard InChI is InChI=1S/C26H37N5O7/c1-5-14(4)22(31-24(35)21(27)13(2)3)25(36)29-18(23(34)30-19(26(37)38)11-20(32)33)10-15-12-28-17-9-7-6-8-16(15)17/h6-9,12-14,18-19,21-22,28H,5,10-11,27H2,1-4H3,(H,29,36)(H,30,34)(H,31,35)(H,32,33)(H,37,38). The van der Waals surface area contributed by atoms with Crippen LogP contribution in [0.15, 0.2) is 30.5 Å². The number of carboxylic acid groups (broad SMARTS) is 2. The lowest BCUT2D eigenvalue weighted by atomic mass is 9.95. The Balaban J connectivity index is 2.36. The largest absolute Gasteiger partial charge is 0.481 e. The van der Waals surface area contributed by atoms with Crippen LogP contribution in [0.1, 0.15) is 46.1 Å². The van der Waals surface area contributed by atoms with Crippen LogP contribution in [-0.2, 0) is 30.4 Å². The van der Waals surface area contributed by atoms with E-state index >= 15 is 0 Å². The molecule has 12 nitrogen and oxygen atoms in total. The summed E-state index contributed by atoms with van der Waals surface area (Å²) in [7, 11) is 0. The van der Waals surface area contributed by atoms with Gasteiger partial charge in [0.1, 0.15) is 18.1 Å². The number of nitrogens with two attached hydrogens (primary N) is 1. The smallest absolute Gasteiger partial charge is 0.326 e. The second kappa shape index (κ2) is 13.6. The van der Waals surface area contributed by atoms with Gasteiger partial charge in [-0.3, -0.25) is 19.2 Å². The van der Waals surface area contributed by atoms with Crippen molar-refractivity contribution in [1.29, 1.82) is 0 Å². The molecule has 5 unspecified atom stereocenters. The van der Waals surface area contributed by atoms with Gasteiger partial charge in [-0.25, -0.2) is 4.79 Å². The molecule has 12 heteroatoms. The SMILES string of the molecule is CCC(C)C(NC(=O)C(N)C(C)C)C(=O)NC(Cc1c[nH]c2ccccc12)C(=O)NC(CC(=O)O)C(=O)O. The summed E-state index contributed by atoms with van der Waals surface area (Å²) >= 11 is 0. The van der Waals surface area contributed by atoms with E-state index in [4.69, 9.17) is 10.8 Å². The number of hydrogen-bond acceptors (Lipinski definition) is 6. The number of hydrogen-bond donors (Lipinski definition) is 7. The Kier molecular flexibility index (Phi) is 10.8. The molecule has 0 saturated carbocycles. The highest BCUT2D eigenvalue weighted by Crippen LogP contribution is 2.20. The average molecular weight is 532 g/mol. The molecule has 0 aliphatic carbocycles. The number of nitrogens with one attached hydrogen (secondary N) is 4. The van der Waals surface area contributed by atoms with E-state index in [0.29, 0.717) is 12.0 Å². The second-order valence-electron chi connectivity index (χ2n) is 9.76. The molecule has 0 aliphatic heterocycles. The van der Waals surface area contributed by atoms with Crippen LogP contribution in [0.2, 0.25) is 0 Å². The third-order valence-corrected chi connectivity index (χ3v) is 6.54. The summed E-state index contributed by atoms with van der Waals surface area (Å²) in [6.07, 6.45) is 1.36. The van der Waals surface area contributed by atoms with Crippen LogP contribution in [-0.4, -0.2) is 69.0 Å². The first kappa shape index (κ1) is 30.3. The van der Waals surface area contributed by atoms with Gasteiger partial charge in [0.05, 0.1) is 12.5 Å². The van der Waals surface area contributed by atoms with E-state index in [1.54, 1.807) is 27.0 Å². The lowest BCUT2D eigenvalue weighted by Gasteiger charge is -2.28. The highest BCUT2D eigenvalue weighted by atomic mass is 16.4. The first-order chi connectivity index (χ1) is 17.8. The number of rotatable bonds is 14. The number of aromatic nitrogens is 1. The van der Waals surface area contributed by atoms with Crippen LogP contribution in [0, 0.1) is 11.8 Å². The Morgan fingerprint density at radius 2 is 1.55 bits per heavy atom. The van der Waals surface area contributed by atoms with E-state index in [2.05, 4.69) is 20.9 Å². The van der Waals surface area contributed by atoms with Crippen molar-refractivity contribution < 1.29 is 34.2 Å². The number of para-hydroxylation sites is 1. The molecule has 1 heterocycles. The molecule has 5 atom stereocenters. The van der Waals surface area contributed by atoms with Gasteiger partial charge in [-0.15, -0.1) is 0 Å². The fraction of sp³-hybridized carbons (Fsp3) is 0.500. The van der Waals surface area contributed by atoms with Crippen molar-refractivity contribution in [2.45, 2.75) is 71.1 Å². The van der Waals surface area contributed by atoms with Crippen LogP contribution in [0.25, 0.3) is 10.9 Å². The number of carbonyl (C=O) groups is 5. The summed E-state index contributed by atoms with van der Waals surface area (Å²) in [5.41, 5.74) is 7.43. The summed E-state index contributed by atoms with van der Waals surface area (Å²) < 4.78 is 0. The third kappa shape index (κ3) is 8.04. The molecule has 0 aliphatic rings. The zero-order chi connectivity index (χ0) is 28.6. The molecule has 0 bridgehead atoms. The number of fused-ring (bicyclic) bond motifs is 1. The van der Waals surface area contributed by atoms with Gasteiger partial charge in [-0.05, 0) is 23.5 Å². The molecule has 0 fully saturated rings. The maximum atomic E-state index is 13.4. The van der Waals surface area contributed by atoms with Gasteiger partial charge in [-0.2, -0.15) is 0 Å². The van der Waals surface area contributed by atoms with Crippen LogP contribution in [0.4, 0.5) is 0 Å². The minimum atomic E-state index is -1.70. The molecule has 2 aromatic rings. The molecule has 0 saturated heterocycles. The number of carboxylic acids is 2. The predicted molar refractivity (Wildman–Crippen MR) is 140 cm³/mol. The number of amides is 3. The average Bonchev–Trinajstić information content (AvgIpc) is 3.27. The summed E-state index contributed by atoms with van der Waals surface area (Å²) in [4.78, 5) is 65.0. The third-order valence-electron chi connectivity index (χ3n) is 6.54. The maximum Gasteiger partial charge on any atom is 0.326 e. The fourth-order valence-electron chi connectivity index (χ4n) is 3.89. The molecule has 1 aromatic heterocycles. The molecule has 8 N–H and O–H groups in total. The van der Waals surface area contributed by atoms with Crippen molar-refractivity contribution in [2.75, 3.05) is 0 Å². The zero-order valence-corrected chi connectivity index (χ0v) is 22.0. The Morgan fingerprint density at radius 1 is 0.921 bits per heavy atom. The Labute approximate surface area is 220 Å². The Morgan fingerprint density at radius 3 is 2.13 bits per heavy atom. The van der Waals surface area contributed by atoms with Crippen molar-refractivity contribution in [3.05, 3.63) is 36.0 Å². The van der Waals surface area contributed by atoms with Crippen molar-refractivity contribution in [2.24, 2.45) is 17.6 Å². The minimum absolute atomic E-state index is 0.0202. The van der Waals surface area contributed by atoms with E-state index in [-0.39, 0.29) is 18.3 Å². The van der Waals surface area contributed by atoms with E-state index in [1.807, 2.05) is 31.2 Å². The number of carbonyl (C=O) groups excluding carboxylic acids is 3. The summed E-state index contributed by atoms with van der Waals surface area (Å²) in [6, 6.07) is 2.50. The van der Waals surface area contributed by atoms with Gasteiger partial charge in [0.25, 0.3) is 0 Å². The monoisotopic (exact) mass is 531 g/mol. The van der Waals surface area contributed by atoms with Crippen molar-refractivity contribution >= 4 is 40.6 Å². The minimum Gasteiger partial charge on any atom is -0.481 e.